The monoisotopic (exact) mass is 353 g/mol. The number of pyridine rings is 1. The first-order valence-electron chi connectivity index (χ1n) is 8.05. The summed E-state index contributed by atoms with van der Waals surface area (Å²) in [6, 6.07) is 8.69. The first-order chi connectivity index (χ1) is 12.2. The van der Waals surface area contributed by atoms with Gasteiger partial charge in [0.1, 0.15) is 17.8 Å². The van der Waals surface area contributed by atoms with Gasteiger partial charge < -0.3 is 0 Å². The van der Waals surface area contributed by atoms with Crippen LogP contribution in [0.3, 0.4) is 0 Å². The van der Waals surface area contributed by atoms with Gasteiger partial charge in [-0.3, -0.25) is 4.68 Å². The maximum atomic E-state index is 13.6. The summed E-state index contributed by atoms with van der Waals surface area (Å²) in [7, 11) is 0. The van der Waals surface area contributed by atoms with Gasteiger partial charge in [-0.25, -0.2) is 13.9 Å². The molecule has 0 radical (unpaired) electrons. The highest BCUT2D eigenvalue weighted by molar-refractivity contribution is 6.31. The predicted molar refractivity (Wildman–Crippen MR) is 92.9 cm³/mol. The number of benzene rings is 1. The Labute approximate surface area is 147 Å². The van der Waals surface area contributed by atoms with Gasteiger partial charge in [0.25, 0.3) is 0 Å². The Morgan fingerprint density at radius 2 is 2.00 bits per heavy atom. The number of rotatable bonds is 2. The minimum atomic E-state index is -0.428. The van der Waals surface area contributed by atoms with Crippen molar-refractivity contribution in [3.05, 3.63) is 59.4 Å². The van der Waals surface area contributed by atoms with Crippen LogP contribution in [0.25, 0.3) is 28.0 Å². The summed E-state index contributed by atoms with van der Waals surface area (Å²) >= 11 is 5.99. The molecule has 124 valence electrons. The fourth-order valence-corrected chi connectivity index (χ4v) is 3.63. The number of hydrogen-bond acceptors (Lipinski definition) is 3. The van der Waals surface area contributed by atoms with E-state index in [9.17, 15) is 4.39 Å². The molecule has 0 fully saturated rings. The van der Waals surface area contributed by atoms with Crippen molar-refractivity contribution in [2.45, 2.75) is 19.4 Å². The number of aryl methyl sites for hydroxylation is 1. The molecule has 7 heteroatoms. The van der Waals surface area contributed by atoms with Gasteiger partial charge in [-0.1, -0.05) is 11.6 Å². The molecule has 0 bridgehead atoms. The third-order valence-corrected chi connectivity index (χ3v) is 4.89. The Kier molecular flexibility index (Phi) is 3.15. The second kappa shape index (κ2) is 5.39. The van der Waals surface area contributed by atoms with Gasteiger partial charge in [0.05, 0.1) is 5.02 Å². The Morgan fingerprint density at radius 3 is 2.88 bits per heavy atom. The minimum absolute atomic E-state index is 0.100. The summed E-state index contributed by atoms with van der Waals surface area (Å²) in [5, 5.41) is 9.09. The van der Waals surface area contributed by atoms with Crippen LogP contribution >= 0.6 is 11.6 Å². The number of nitrogens with zero attached hydrogens (tertiary/aromatic N) is 5. The average molecular weight is 354 g/mol. The summed E-state index contributed by atoms with van der Waals surface area (Å²) < 4.78 is 17.3. The summed E-state index contributed by atoms with van der Waals surface area (Å²) in [6.45, 7) is 0.892. The van der Waals surface area contributed by atoms with Gasteiger partial charge in [0.2, 0.25) is 0 Å². The molecule has 5 rings (SSSR count). The van der Waals surface area contributed by atoms with Crippen LogP contribution in [0.1, 0.15) is 12.1 Å². The maximum Gasteiger partial charge on any atom is 0.155 e. The molecule has 0 saturated carbocycles. The first-order valence-corrected chi connectivity index (χ1v) is 8.43. The molecule has 0 aliphatic carbocycles. The van der Waals surface area contributed by atoms with Crippen LogP contribution in [0.2, 0.25) is 5.02 Å². The Balaban J connectivity index is 1.76. The lowest BCUT2D eigenvalue weighted by Gasteiger charge is -2.07. The zero-order chi connectivity index (χ0) is 17.0. The maximum absolute atomic E-state index is 13.6. The topological polar surface area (TPSA) is 48.0 Å². The van der Waals surface area contributed by atoms with E-state index in [0.29, 0.717) is 0 Å². The van der Waals surface area contributed by atoms with E-state index in [1.807, 2.05) is 23.0 Å². The second-order valence-electron chi connectivity index (χ2n) is 6.11. The van der Waals surface area contributed by atoms with Crippen molar-refractivity contribution in [2.24, 2.45) is 0 Å². The first kappa shape index (κ1) is 14.6. The summed E-state index contributed by atoms with van der Waals surface area (Å²) in [5.41, 5.74) is 5.67. The lowest BCUT2D eigenvalue weighted by molar-refractivity contribution is 0.628. The van der Waals surface area contributed by atoms with Crippen LogP contribution in [-0.4, -0.2) is 24.4 Å². The molecule has 0 unspecified atom stereocenters. The average Bonchev–Trinajstić information content (AvgIpc) is 3.31. The molecule has 4 aromatic rings. The standard InChI is InChI=1S/C18H13ClFN5/c19-13-8-11(3-5-14(13)20)18-17(15-2-1-7-24(15)23-18)12-4-6-16-21-10-22-25(16)9-12/h3-6,8-10H,1-2,7H2. The van der Waals surface area contributed by atoms with Gasteiger partial charge in [0.15, 0.2) is 5.65 Å². The normalized spacial score (nSPS) is 13.5. The van der Waals surface area contributed by atoms with E-state index in [-0.39, 0.29) is 5.02 Å². The van der Waals surface area contributed by atoms with E-state index in [1.54, 1.807) is 16.6 Å². The molecule has 1 aromatic carbocycles. The number of aromatic nitrogens is 5. The van der Waals surface area contributed by atoms with Gasteiger partial charge in [0, 0.05) is 35.1 Å². The Morgan fingerprint density at radius 1 is 1.12 bits per heavy atom. The fraction of sp³-hybridized carbons (Fsp3) is 0.167. The van der Waals surface area contributed by atoms with E-state index in [2.05, 4.69) is 10.1 Å². The Hall–Kier alpha value is -2.73. The lowest BCUT2D eigenvalue weighted by atomic mass is 9.99. The second-order valence-corrected chi connectivity index (χ2v) is 6.51. The molecule has 1 aliphatic rings. The van der Waals surface area contributed by atoms with Gasteiger partial charge >= 0.3 is 0 Å². The molecule has 4 heterocycles. The van der Waals surface area contributed by atoms with Crippen LogP contribution in [0, 0.1) is 5.82 Å². The molecule has 0 saturated heterocycles. The number of hydrogen-bond donors (Lipinski definition) is 0. The highest BCUT2D eigenvalue weighted by Gasteiger charge is 2.24. The fourth-order valence-electron chi connectivity index (χ4n) is 3.45. The van der Waals surface area contributed by atoms with Crippen molar-refractivity contribution < 1.29 is 4.39 Å². The van der Waals surface area contributed by atoms with Crippen LogP contribution in [-0.2, 0) is 13.0 Å². The van der Waals surface area contributed by atoms with Crippen LogP contribution in [0.4, 0.5) is 4.39 Å². The van der Waals surface area contributed by atoms with E-state index in [1.165, 1.54) is 18.1 Å². The molecule has 0 atom stereocenters. The lowest BCUT2D eigenvalue weighted by Crippen LogP contribution is -1.94. The summed E-state index contributed by atoms with van der Waals surface area (Å²) in [6.07, 6.45) is 5.52. The molecule has 0 spiro atoms. The predicted octanol–water partition coefficient (Wildman–Crippen LogP) is 4.00. The molecule has 3 aromatic heterocycles. The van der Waals surface area contributed by atoms with Crippen molar-refractivity contribution in [1.82, 2.24) is 24.4 Å². The molecule has 0 amide bonds. The van der Waals surface area contributed by atoms with Crippen molar-refractivity contribution in [1.29, 1.82) is 0 Å². The Bertz CT molecular complexity index is 1110. The number of halogens is 2. The summed E-state index contributed by atoms with van der Waals surface area (Å²) in [5.74, 6) is -0.428. The van der Waals surface area contributed by atoms with E-state index < -0.39 is 5.82 Å². The van der Waals surface area contributed by atoms with E-state index >= 15 is 0 Å². The molecule has 25 heavy (non-hydrogen) atoms. The zero-order valence-corrected chi connectivity index (χ0v) is 13.9. The number of fused-ring (bicyclic) bond motifs is 2. The zero-order valence-electron chi connectivity index (χ0n) is 13.2. The van der Waals surface area contributed by atoms with Crippen molar-refractivity contribution >= 4 is 17.2 Å². The minimum Gasteiger partial charge on any atom is -0.268 e. The molecule has 0 N–H and O–H groups in total. The molecule has 5 nitrogen and oxygen atoms in total. The van der Waals surface area contributed by atoms with Crippen molar-refractivity contribution in [2.75, 3.05) is 0 Å². The van der Waals surface area contributed by atoms with Crippen LogP contribution in [0.5, 0.6) is 0 Å². The molecule has 1 aliphatic heterocycles. The smallest absolute Gasteiger partial charge is 0.155 e. The highest BCUT2D eigenvalue weighted by atomic mass is 35.5. The molecular weight excluding hydrogens is 341 g/mol. The van der Waals surface area contributed by atoms with Crippen LogP contribution in [0.15, 0.2) is 42.9 Å². The van der Waals surface area contributed by atoms with Crippen molar-refractivity contribution in [3.8, 4) is 22.4 Å². The third-order valence-electron chi connectivity index (χ3n) is 4.60. The van der Waals surface area contributed by atoms with Gasteiger partial charge in [-0.15, -0.1) is 0 Å². The van der Waals surface area contributed by atoms with E-state index in [4.69, 9.17) is 16.7 Å². The summed E-state index contributed by atoms with van der Waals surface area (Å²) in [4.78, 5) is 4.19. The quantitative estimate of drug-likeness (QED) is 0.547. The van der Waals surface area contributed by atoms with Gasteiger partial charge in [-0.2, -0.15) is 10.2 Å². The molecular formula is C18H13ClFN5. The van der Waals surface area contributed by atoms with E-state index in [0.717, 1.165) is 47.4 Å². The van der Waals surface area contributed by atoms with Gasteiger partial charge in [-0.05, 0) is 43.2 Å². The van der Waals surface area contributed by atoms with Crippen molar-refractivity contribution in [3.63, 3.8) is 0 Å². The van der Waals surface area contributed by atoms with Crippen LogP contribution < -0.4 is 0 Å². The largest absolute Gasteiger partial charge is 0.268 e. The SMILES string of the molecule is Fc1ccc(-c2nn3c(c2-c2ccc4ncnn4c2)CCC3)cc1Cl. The third kappa shape index (κ3) is 2.25. The highest BCUT2D eigenvalue weighted by Crippen LogP contribution is 2.38.